The van der Waals surface area contributed by atoms with Gasteiger partial charge in [0.2, 0.25) is 5.91 Å². The van der Waals surface area contributed by atoms with Crippen LogP contribution in [0.3, 0.4) is 0 Å². The number of rotatable bonds is 4. The van der Waals surface area contributed by atoms with Gasteiger partial charge in [0.05, 0.1) is 23.9 Å². The number of alkyl halides is 1. The maximum atomic E-state index is 12.2. The fourth-order valence-electron chi connectivity index (χ4n) is 1.89. The number of nitrogens with zero attached hydrogens (tertiary/aromatic N) is 1. The summed E-state index contributed by atoms with van der Waals surface area (Å²) in [5, 5.41) is 3.65. The highest BCUT2D eigenvalue weighted by Gasteiger charge is 2.27. The molecule has 0 atom stereocenters. The molecule has 0 unspecified atom stereocenters. The van der Waals surface area contributed by atoms with E-state index < -0.39 is 0 Å². The molecule has 0 aliphatic carbocycles. The Morgan fingerprint density at radius 3 is 2.83 bits per heavy atom. The van der Waals surface area contributed by atoms with E-state index in [1.807, 2.05) is 4.90 Å². The quantitative estimate of drug-likeness (QED) is 0.925. The molecule has 1 aromatic rings. The smallest absolute Gasteiger partial charge is 0.238 e. The van der Waals surface area contributed by atoms with E-state index in [9.17, 15) is 9.18 Å². The lowest BCUT2D eigenvalue weighted by atomic mass is 10.0. The Balaban J connectivity index is 1.86. The number of anilines is 1. The van der Waals surface area contributed by atoms with Gasteiger partial charge in [0.15, 0.2) is 0 Å². The summed E-state index contributed by atoms with van der Waals surface area (Å²) in [4.78, 5) is 13.6. The number of carbonyl (C=O) groups is 1. The van der Waals surface area contributed by atoms with Crippen LogP contribution in [0.4, 0.5) is 10.1 Å². The second-order valence-electron chi connectivity index (χ2n) is 4.39. The summed E-state index contributed by atoms with van der Waals surface area (Å²) in [5.41, 5.74) is 0.497. The van der Waals surface area contributed by atoms with E-state index in [4.69, 9.17) is 23.2 Å². The van der Waals surface area contributed by atoms with Crippen molar-refractivity contribution in [3.8, 4) is 0 Å². The van der Waals surface area contributed by atoms with Gasteiger partial charge < -0.3 is 5.32 Å². The second kappa shape index (κ2) is 5.87. The molecule has 1 aromatic carbocycles. The predicted molar refractivity (Wildman–Crippen MR) is 71.0 cm³/mol. The maximum absolute atomic E-state index is 12.2. The van der Waals surface area contributed by atoms with Crippen LogP contribution in [0.1, 0.15) is 0 Å². The van der Waals surface area contributed by atoms with Crippen LogP contribution in [-0.2, 0) is 4.79 Å². The molecule has 0 spiro atoms. The molecule has 98 valence electrons. The van der Waals surface area contributed by atoms with Crippen LogP contribution in [0.15, 0.2) is 18.2 Å². The number of benzene rings is 1. The Labute approximate surface area is 115 Å². The van der Waals surface area contributed by atoms with Crippen LogP contribution >= 0.6 is 23.2 Å². The van der Waals surface area contributed by atoms with Gasteiger partial charge in [-0.3, -0.25) is 14.1 Å². The Morgan fingerprint density at radius 2 is 2.17 bits per heavy atom. The molecular weight excluding hydrogens is 278 g/mol. The number of hydrogen-bond acceptors (Lipinski definition) is 2. The van der Waals surface area contributed by atoms with E-state index >= 15 is 0 Å². The maximum Gasteiger partial charge on any atom is 0.238 e. The molecule has 3 nitrogen and oxygen atoms in total. The number of likely N-dealkylation sites (tertiary alicyclic amines) is 1. The molecule has 2 rings (SSSR count). The second-order valence-corrected chi connectivity index (χ2v) is 5.23. The number of halogens is 3. The third-order valence-corrected chi connectivity index (χ3v) is 3.39. The molecule has 0 bridgehead atoms. The number of nitrogens with one attached hydrogen (secondary N) is 1. The van der Waals surface area contributed by atoms with Gasteiger partial charge in [-0.1, -0.05) is 23.2 Å². The Bertz CT molecular complexity index is 450. The molecule has 1 aliphatic rings. The zero-order valence-electron chi connectivity index (χ0n) is 9.63. The van der Waals surface area contributed by atoms with E-state index in [2.05, 4.69) is 5.32 Å². The molecule has 6 heteroatoms. The molecule has 0 aromatic heterocycles. The van der Waals surface area contributed by atoms with Crippen molar-refractivity contribution >= 4 is 34.8 Å². The summed E-state index contributed by atoms with van der Waals surface area (Å²) in [6.45, 7) is 1.19. The van der Waals surface area contributed by atoms with Crippen LogP contribution in [0.5, 0.6) is 0 Å². The zero-order valence-corrected chi connectivity index (χ0v) is 11.1. The summed E-state index contributed by atoms with van der Waals surface area (Å²) in [6.07, 6.45) is 0. The van der Waals surface area contributed by atoms with Crippen molar-refractivity contribution < 1.29 is 9.18 Å². The predicted octanol–water partition coefficient (Wildman–Crippen LogP) is 2.83. The Kier molecular flexibility index (Phi) is 4.43. The van der Waals surface area contributed by atoms with Crippen molar-refractivity contribution in [2.24, 2.45) is 5.92 Å². The lowest BCUT2D eigenvalue weighted by Crippen LogP contribution is -2.50. The van der Waals surface area contributed by atoms with Crippen LogP contribution in [-0.4, -0.2) is 37.1 Å². The van der Waals surface area contributed by atoms with Gasteiger partial charge in [-0.05, 0) is 18.2 Å². The topological polar surface area (TPSA) is 32.3 Å². The lowest BCUT2D eigenvalue weighted by molar-refractivity contribution is -0.119. The first-order chi connectivity index (χ1) is 8.58. The summed E-state index contributed by atoms with van der Waals surface area (Å²) in [7, 11) is 0. The SMILES string of the molecule is O=C(CN1CC(CF)C1)Nc1cc(Cl)ccc1Cl. The van der Waals surface area contributed by atoms with Crippen LogP contribution < -0.4 is 5.32 Å². The summed E-state index contributed by atoms with van der Waals surface area (Å²) in [5.74, 6) is -0.0935. The molecule has 0 radical (unpaired) electrons. The first-order valence-corrected chi connectivity index (χ1v) is 6.37. The van der Waals surface area contributed by atoms with Gasteiger partial charge in [0.25, 0.3) is 0 Å². The molecular formula is C12H13Cl2FN2O. The minimum Gasteiger partial charge on any atom is -0.324 e. The largest absolute Gasteiger partial charge is 0.324 e. The molecule has 18 heavy (non-hydrogen) atoms. The number of hydrogen-bond donors (Lipinski definition) is 1. The fraction of sp³-hybridized carbons (Fsp3) is 0.417. The van der Waals surface area contributed by atoms with Gasteiger partial charge >= 0.3 is 0 Å². The lowest BCUT2D eigenvalue weighted by Gasteiger charge is -2.37. The highest BCUT2D eigenvalue weighted by molar-refractivity contribution is 6.35. The minimum absolute atomic E-state index is 0.0764. The van der Waals surface area contributed by atoms with Crippen molar-refractivity contribution in [2.75, 3.05) is 31.6 Å². The molecule has 1 amide bonds. The monoisotopic (exact) mass is 290 g/mol. The highest BCUT2D eigenvalue weighted by Crippen LogP contribution is 2.25. The fourth-order valence-corrected chi connectivity index (χ4v) is 2.23. The normalized spacial score (nSPS) is 16.4. The van der Waals surface area contributed by atoms with Crippen molar-refractivity contribution in [1.82, 2.24) is 4.90 Å². The van der Waals surface area contributed by atoms with Gasteiger partial charge in [-0.25, -0.2) is 0 Å². The molecule has 1 N–H and O–H groups in total. The van der Waals surface area contributed by atoms with Crippen molar-refractivity contribution in [1.29, 1.82) is 0 Å². The third kappa shape index (κ3) is 3.34. The van der Waals surface area contributed by atoms with E-state index in [-0.39, 0.29) is 25.0 Å². The molecule has 1 saturated heterocycles. The number of carbonyl (C=O) groups excluding carboxylic acids is 1. The molecule has 0 saturated carbocycles. The van der Waals surface area contributed by atoms with Crippen molar-refractivity contribution in [3.63, 3.8) is 0 Å². The molecule has 1 heterocycles. The average Bonchev–Trinajstić information content (AvgIpc) is 2.28. The van der Waals surface area contributed by atoms with Crippen molar-refractivity contribution in [2.45, 2.75) is 0 Å². The standard InChI is InChI=1S/C12H13Cl2FN2O/c13-9-1-2-10(14)11(3-9)16-12(18)7-17-5-8(4-15)6-17/h1-3,8H,4-7H2,(H,16,18). The highest BCUT2D eigenvalue weighted by atomic mass is 35.5. The summed E-state index contributed by atoms with van der Waals surface area (Å²) >= 11 is 11.8. The van der Waals surface area contributed by atoms with Gasteiger partial charge in [-0.2, -0.15) is 0 Å². The average molecular weight is 291 g/mol. The van der Waals surface area contributed by atoms with Gasteiger partial charge in [0, 0.05) is 24.0 Å². The molecule has 1 fully saturated rings. The van der Waals surface area contributed by atoms with E-state index in [0.717, 1.165) is 0 Å². The minimum atomic E-state index is -0.321. The first-order valence-electron chi connectivity index (χ1n) is 5.61. The van der Waals surface area contributed by atoms with Crippen LogP contribution in [0.25, 0.3) is 0 Å². The van der Waals surface area contributed by atoms with Gasteiger partial charge in [0.1, 0.15) is 0 Å². The Hall–Kier alpha value is -0.840. The van der Waals surface area contributed by atoms with E-state index in [1.54, 1.807) is 18.2 Å². The van der Waals surface area contributed by atoms with Crippen LogP contribution in [0, 0.1) is 5.92 Å². The third-order valence-electron chi connectivity index (χ3n) is 2.82. The molecule has 1 aliphatic heterocycles. The Morgan fingerprint density at radius 1 is 1.44 bits per heavy atom. The van der Waals surface area contributed by atoms with Crippen LogP contribution in [0.2, 0.25) is 10.0 Å². The van der Waals surface area contributed by atoms with Crippen molar-refractivity contribution in [3.05, 3.63) is 28.2 Å². The first kappa shape index (κ1) is 13.6. The van der Waals surface area contributed by atoms with E-state index in [1.165, 1.54) is 0 Å². The summed E-state index contributed by atoms with van der Waals surface area (Å²) < 4.78 is 12.2. The van der Waals surface area contributed by atoms with E-state index in [0.29, 0.717) is 28.8 Å². The zero-order chi connectivity index (χ0) is 13.1. The van der Waals surface area contributed by atoms with Gasteiger partial charge in [-0.15, -0.1) is 0 Å². The number of amides is 1. The summed E-state index contributed by atoms with van der Waals surface area (Å²) in [6, 6.07) is 4.88.